The molecule has 0 unspecified atom stereocenters. The average molecular weight is 568 g/mol. The summed E-state index contributed by atoms with van der Waals surface area (Å²) in [5.41, 5.74) is 4.65. The van der Waals surface area contributed by atoms with Crippen molar-refractivity contribution in [3.05, 3.63) is 106 Å². The highest BCUT2D eigenvalue weighted by Gasteiger charge is 2.16. The molecule has 41 heavy (non-hydrogen) atoms. The van der Waals surface area contributed by atoms with Crippen LogP contribution in [0.5, 0.6) is 11.5 Å². The van der Waals surface area contributed by atoms with Crippen LogP contribution in [0.15, 0.2) is 88.6 Å². The molecular formula is C33H33N3O4S. The van der Waals surface area contributed by atoms with Gasteiger partial charge in [-0.3, -0.25) is 9.59 Å². The Balaban J connectivity index is 1.26. The fraction of sp³-hybridized carbons (Fsp3) is 0.212. The number of carbonyl (C=O) groups excluding carboxylic acids is 1. The number of hydrogen-bond acceptors (Lipinski definition) is 6. The lowest BCUT2D eigenvalue weighted by atomic mass is 10.1. The number of amides is 1. The lowest BCUT2D eigenvalue weighted by Gasteiger charge is -2.18. The van der Waals surface area contributed by atoms with E-state index in [9.17, 15) is 9.59 Å². The molecule has 0 atom stereocenters. The molecule has 7 nitrogen and oxygen atoms in total. The Kier molecular flexibility index (Phi) is 8.61. The number of benzene rings is 4. The summed E-state index contributed by atoms with van der Waals surface area (Å²) in [5.74, 6) is 1.18. The van der Waals surface area contributed by atoms with Crippen LogP contribution in [0.3, 0.4) is 0 Å². The van der Waals surface area contributed by atoms with Crippen molar-refractivity contribution in [2.75, 3.05) is 39.4 Å². The van der Waals surface area contributed by atoms with Crippen molar-refractivity contribution in [1.29, 1.82) is 0 Å². The quantitative estimate of drug-likeness (QED) is 0.151. The second-order valence-electron chi connectivity index (χ2n) is 9.89. The molecule has 0 saturated heterocycles. The monoisotopic (exact) mass is 567 g/mol. The van der Waals surface area contributed by atoms with E-state index in [4.69, 9.17) is 9.47 Å². The fourth-order valence-electron chi connectivity index (χ4n) is 5.00. The Bertz CT molecular complexity index is 1770. The smallest absolute Gasteiger partial charge is 0.257 e. The molecular weight excluding hydrogens is 534 g/mol. The Labute approximate surface area is 243 Å². The highest BCUT2D eigenvalue weighted by molar-refractivity contribution is 7.98. The van der Waals surface area contributed by atoms with E-state index < -0.39 is 0 Å². The standard InChI is InChI=1S/C33H33N3O4S/c1-36(20-22-13-16-27(39-2)28(19-22)40-3)18-17-21-11-14-23(15-12-21)34-33(38)26-9-5-7-24-30(26)35-31-25(32(24)37)8-6-10-29(31)41-4/h5-16,19H,17-18,20H2,1-4H3,(H,34,38)(H,35,37). The van der Waals surface area contributed by atoms with Crippen LogP contribution in [0, 0.1) is 0 Å². The summed E-state index contributed by atoms with van der Waals surface area (Å²) in [5, 5.41) is 4.11. The van der Waals surface area contributed by atoms with Gasteiger partial charge >= 0.3 is 0 Å². The predicted octanol–water partition coefficient (Wildman–Crippen LogP) is 6.35. The van der Waals surface area contributed by atoms with Crippen LogP contribution in [0.1, 0.15) is 21.5 Å². The molecule has 0 fully saturated rings. The van der Waals surface area contributed by atoms with Crippen LogP contribution < -0.4 is 20.2 Å². The molecule has 4 aromatic carbocycles. The van der Waals surface area contributed by atoms with E-state index >= 15 is 0 Å². The first-order chi connectivity index (χ1) is 19.9. The zero-order chi connectivity index (χ0) is 28.9. The normalized spacial score (nSPS) is 11.2. The van der Waals surface area contributed by atoms with E-state index in [1.165, 1.54) is 5.56 Å². The number of aromatic amines is 1. The highest BCUT2D eigenvalue weighted by atomic mass is 32.2. The number of rotatable bonds is 10. The van der Waals surface area contributed by atoms with Gasteiger partial charge in [-0.25, -0.2) is 0 Å². The second kappa shape index (κ2) is 12.5. The maximum Gasteiger partial charge on any atom is 0.257 e. The number of pyridine rings is 1. The minimum atomic E-state index is -0.269. The molecule has 0 radical (unpaired) electrons. The third-order valence-electron chi connectivity index (χ3n) is 7.19. The first kappa shape index (κ1) is 28.3. The van der Waals surface area contributed by atoms with Gasteiger partial charge in [0.05, 0.1) is 30.8 Å². The molecule has 210 valence electrons. The lowest BCUT2D eigenvalue weighted by Crippen LogP contribution is -2.20. The summed E-state index contributed by atoms with van der Waals surface area (Å²) < 4.78 is 10.7. The lowest BCUT2D eigenvalue weighted by molar-refractivity contribution is 0.102. The summed E-state index contributed by atoms with van der Waals surface area (Å²) in [6, 6.07) is 24.8. The number of carbonyl (C=O) groups is 1. The molecule has 1 amide bonds. The van der Waals surface area contributed by atoms with Gasteiger partial charge in [-0.15, -0.1) is 11.8 Å². The van der Waals surface area contributed by atoms with E-state index in [-0.39, 0.29) is 11.3 Å². The molecule has 0 bridgehead atoms. The molecule has 0 aliphatic carbocycles. The highest BCUT2D eigenvalue weighted by Crippen LogP contribution is 2.28. The molecule has 2 N–H and O–H groups in total. The maximum absolute atomic E-state index is 13.3. The molecule has 8 heteroatoms. The number of fused-ring (bicyclic) bond motifs is 2. The van der Waals surface area contributed by atoms with Crippen LogP contribution in [-0.4, -0.2) is 49.9 Å². The number of nitrogens with one attached hydrogen (secondary N) is 2. The summed E-state index contributed by atoms with van der Waals surface area (Å²) >= 11 is 1.56. The Morgan fingerprint density at radius 2 is 1.56 bits per heavy atom. The van der Waals surface area contributed by atoms with E-state index in [1.807, 2.05) is 66.9 Å². The SMILES string of the molecule is COc1ccc(CN(C)CCc2ccc(NC(=O)c3cccc4c(=O)c5cccc(SC)c5[nH]c34)cc2)cc1OC. The van der Waals surface area contributed by atoms with Crippen molar-refractivity contribution in [3.8, 4) is 11.5 Å². The van der Waals surface area contributed by atoms with Crippen LogP contribution >= 0.6 is 11.8 Å². The van der Waals surface area contributed by atoms with Gasteiger partial charge in [0.15, 0.2) is 16.9 Å². The van der Waals surface area contributed by atoms with Gasteiger partial charge in [-0.05, 0) is 79.4 Å². The van der Waals surface area contributed by atoms with Gasteiger partial charge in [0.25, 0.3) is 5.91 Å². The number of para-hydroxylation sites is 2. The van der Waals surface area contributed by atoms with E-state index in [1.54, 1.807) is 44.2 Å². The molecule has 0 aliphatic rings. The molecule has 1 heterocycles. The number of methoxy groups -OCH3 is 2. The van der Waals surface area contributed by atoms with E-state index in [0.29, 0.717) is 27.5 Å². The van der Waals surface area contributed by atoms with Crippen LogP contribution in [0.2, 0.25) is 0 Å². The topological polar surface area (TPSA) is 83.7 Å². The van der Waals surface area contributed by atoms with Crippen LogP contribution in [-0.2, 0) is 13.0 Å². The van der Waals surface area contributed by atoms with Gasteiger partial charge in [0.2, 0.25) is 0 Å². The second-order valence-corrected chi connectivity index (χ2v) is 10.7. The first-order valence-corrected chi connectivity index (χ1v) is 14.6. The van der Waals surface area contributed by atoms with Crippen molar-refractivity contribution in [2.45, 2.75) is 17.9 Å². The zero-order valence-corrected chi connectivity index (χ0v) is 24.4. The number of anilines is 1. The van der Waals surface area contributed by atoms with Gasteiger partial charge in [-0.2, -0.15) is 0 Å². The summed E-state index contributed by atoms with van der Waals surface area (Å²) in [6.45, 7) is 1.66. The number of nitrogens with zero attached hydrogens (tertiary/aromatic N) is 1. The number of aromatic nitrogens is 1. The summed E-state index contributed by atoms with van der Waals surface area (Å²) in [7, 11) is 5.36. The van der Waals surface area contributed by atoms with Gasteiger partial charge in [0.1, 0.15) is 0 Å². The van der Waals surface area contributed by atoms with Gasteiger partial charge < -0.3 is 24.7 Å². The minimum absolute atomic E-state index is 0.0836. The zero-order valence-electron chi connectivity index (χ0n) is 23.6. The fourth-order valence-corrected chi connectivity index (χ4v) is 5.58. The van der Waals surface area contributed by atoms with Crippen molar-refractivity contribution in [3.63, 3.8) is 0 Å². The predicted molar refractivity (Wildman–Crippen MR) is 168 cm³/mol. The van der Waals surface area contributed by atoms with Crippen molar-refractivity contribution < 1.29 is 14.3 Å². The largest absolute Gasteiger partial charge is 0.493 e. The Hall–Kier alpha value is -4.27. The molecule has 0 saturated carbocycles. The molecule has 1 aromatic heterocycles. The van der Waals surface area contributed by atoms with E-state index in [2.05, 4.69) is 22.2 Å². The maximum atomic E-state index is 13.3. The Morgan fingerprint density at radius 1 is 0.878 bits per heavy atom. The van der Waals surface area contributed by atoms with Gasteiger partial charge in [-0.1, -0.05) is 30.3 Å². The first-order valence-electron chi connectivity index (χ1n) is 13.3. The van der Waals surface area contributed by atoms with Crippen molar-refractivity contribution >= 4 is 45.2 Å². The molecule has 5 rings (SSSR count). The van der Waals surface area contributed by atoms with Gasteiger partial charge in [0, 0.05) is 34.4 Å². The van der Waals surface area contributed by atoms with E-state index in [0.717, 1.165) is 47.0 Å². The third kappa shape index (κ3) is 6.09. The summed E-state index contributed by atoms with van der Waals surface area (Å²) in [6.07, 6.45) is 2.84. The number of hydrogen-bond donors (Lipinski definition) is 2. The van der Waals surface area contributed by atoms with Crippen LogP contribution in [0.25, 0.3) is 21.8 Å². The minimum Gasteiger partial charge on any atom is -0.493 e. The molecule has 5 aromatic rings. The molecule has 0 spiro atoms. The third-order valence-corrected chi connectivity index (χ3v) is 7.97. The summed E-state index contributed by atoms with van der Waals surface area (Å²) in [4.78, 5) is 33.1. The molecule has 0 aliphatic heterocycles. The number of likely N-dealkylation sites (N-methyl/N-ethyl adjacent to an activating group) is 1. The average Bonchev–Trinajstić information content (AvgIpc) is 3.00. The van der Waals surface area contributed by atoms with Crippen molar-refractivity contribution in [2.24, 2.45) is 0 Å². The number of ether oxygens (including phenoxy) is 2. The number of H-pyrrole nitrogens is 1. The Morgan fingerprint density at radius 3 is 2.27 bits per heavy atom. The van der Waals surface area contributed by atoms with Crippen molar-refractivity contribution in [1.82, 2.24) is 9.88 Å². The van der Waals surface area contributed by atoms with Crippen LogP contribution in [0.4, 0.5) is 5.69 Å². The number of thioether (sulfide) groups is 1.